The number of hydrogen-bond donors (Lipinski definition) is 2. The van der Waals surface area contributed by atoms with E-state index < -0.39 is 0 Å². The second-order valence-corrected chi connectivity index (χ2v) is 5.21. The zero-order valence-corrected chi connectivity index (χ0v) is 15.6. The lowest BCUT2D eigenvalue weighted by atomic mass is 10.2. The van der Waals surface area contributed by atoms with E-state index in [4.69, 9.17) is 9.47 Å². The van der Waals surface area contributed by atoms with Gasteiger partial charge in [0.2, 0.25) is 0 Å². The number of para-hydroxylation sites is 1. The fourth-order valence-corrected chi connectivity index (χ4v) is 1.95. The van der Waals surface area contributed by atoms with Crippen LogP contribution in [-0.2, 0) is 11.3 Å². The van der Waals surface area contributed by atoms with Crippen molar-refractivity contribution >= 4 is 29.9 Å². The van der Waals surface area contributed by atoms with E-state index in [0.717, 1.165) is 36.3 Å². The Balaban J connectivity index is 0.00000242. The summed E-state index contributed by atoms with van der Waals surface area (Å²) in [6.45, 7) is 2.91. The molecule has 0 aromatic heterocycles. The predicted molar refractivity (Wildman–Crippen MR) is 100 cm³/mol. The lowest BCUT2D eigenvalue weighted by Gasteiger charge is -2.14. The Morgan fingerprint density at radius 3 is 2.73 bits per heavy atom. The molecule has 2 rings (SSSR count). The average molecular weight is 419 g/mol. The highest BCUT2D eigenvalue weighted by Crippen LogP contribution is 2.30. The Labute approximate surface area is 149 Å². The fourth-order valence-electron chi connectivity index (χ4n) is 1.95. The van der Waals surface area contributed by atoms with Gasteiger partial charge >= 0.3 is 0 Å². The van der Waals surface area contributed by atoms with Crippen molar-refractivity contribution in [3.05, 3.63) is 29.8 Å². The largest absolute Gasteiger partial charge is 0.493 e. The summed E-state index contributed by atoms with van der Waals surface area (Å²) in [5.74, 6) is 2.49. The molecular formula is C16H26IN3O2. The maximum absolute atomic E-state index is 5.91. The third-order valence-corrected chi connectivity index (χ3v) is 3.41. The molecule has 5 nitrogen and oxygen atoms in total. The minimum Gasteiger partial charge on any atom is -0.493 e. The summed E-state index contributed by atoms with van der Waals surface area (Å²) in [5, 5.41) is 6.48. The van der Waals surface area contributed by atoms with E-state index in [1.54, 1.807) is 14.2 Å². The molecule has 1 aromatic rings. The third-order valence-electron chi connectivity index (χ3n) is 3.41. The van der Waals surface area contributed by atoms with Gasteiger partial charge in [0.1, 0.15) is 5.75 Å². The maximum Gasteiger partial charge on any atom is 0.191 e. The molecule has 1 aliphatic rings. The van der Waals surface area contributed by atoms with Crippen LogP contribution in [-0.4, -0.2) is 39.9 Å². The van der Waals surface area contributed by atoms with Gasteiger partial charge in [-0.3, -0.25) is 4.99 Å². The molecule has 1 saturated carbocycles. The summed E-state index contributed by atoms with van der Waals surface area (Å²) >= 11 is 0. The van der Waals surface area contributed by atoms with Crippen LogP contribution in [0.2, 0.25) is 0 Å². The monoisotopic (exact) mass is 419 g/mol. The van der Waals surface area contributed by atoms with E-state index in [-0.39, 0.29) is 24.0 Å². The molecule has 0 aliphatic heterocycles. The normalized spacial score (nSPS) is 14.2. The molecule has 0 unspecified atom stereocenters. The van der Waals surface area contributed by atoms with Crippen molar-refractivity contribution in [1.29, 1.82) is 0 Å². The third kappa shape index (κ3) is 6.83. The molecule has 6 heteroatoms. The van der Waals surface area contributed by atoms with Gasteiger partial charge in [0.25, 0.3) is 0 Å². The van der Waals surface area contributed by atoms with Crippen molar-refractivity contribution in [2.45, 2.75) is 19.4 Å². The molecule has 124 valence electrons. The molecule has 0 heterocycles. The molecular weight excluding hydrogens is 393 g/mol. The molecule has 1 aliphatic carbocycles. The second-order valence-electron chi connectivity index (χ2n) is 5.21. The van der Waals surface area contributed by atoms with E-state index in [0.29, 0.717) is 13.2 Å². The minimum absolute atomic E-state index is 0. The van der Waals surface area contributed by atoms with E-state index in [9.17, 15) is 0 Å². The highest BCUT2D eigenvalue weighted by molar-refractivity contribution is 14.0. The Morgan fingerprint density at radius 1 is 1.27 bits per heavy atom. The highest BCUT2D eigenvalue weighted by Gasteiger charge is 2.22. The summed E-state index contributed by atoms with van der Waals surface area (Å²) in [5.41, 5.74) is 1.15. The van der Waals surface area contributed by atoms with E-state index in [2.05, 4.69) is 21.7 Å². The number of methoxy groups -OCH3 is 1. The van der Waals surface area contributed by atoms with Crippen LogP contribution in [0.4, 0.5) is 0 Å². The summed E-state index contributed by atoms with van der Waals surface area (Å²) in [4.78, 5) is 4.19. The van der Waals surface area contributed by atoms with Crippen LogP contribution in [0.1, 0.15) is 18.4 Å². The van der Waals surface area contributed by atoms with Crippen LogP contribution < -0.4 is 15.4 Å². The highest BCUT2D eigenvalue weighted by atomic mass is 127. The molecule has 0 saturated heterocycles. The van der Waals surface area contributed by atoms with E-state index >= 15 is 0 Å². The average Bonchev–Trinajstić information content (AvgIpc) is 3.34. The number of nitrogens with one attached hydrogen (secondary N) is 2. The first-order valence-corrected chi connectivity index (χ1v) is 7.47. The van der Waals surface area contributed by atoms with Crippen molar-refractivity contribution in [2.75, 3.05) is 33.9 Å². The number of guanidine groups is 1. The van der Waals surface area contributed by atoms with Gasteiger partial charge in [0.05, 0.1) is 13.2 Å². The van der Waals surface area contributed by atoms with Crippen LogP contribution in [0, 0.1) is 5.92 Å². The van der Waals surface area contributed by atoms with Crippen molar-refractivity contribution in [3.8, 4) is 5.75 Å². The summed E-state index contributed by atoms with van der Waals surface area (Å²) < 4.78 is 10.9. The quantitative estimate of drug-likeness (QED) is 0.294. The molecule has 22 heavy (non-hydrogen) atoms. The zero-order valence-electron chi connectivity index (χ0n) is 13.3. The van der Waals surface area contributed by atoms with Crippen LogP contribution >= 0.6 is 24.0 Å². The van der Waals surface area contributed by atoms with Crippen LogP contribution in [0.5, 0.6) is 5.75 Å². The van der Waals surface area contributed by atoms with Gasteiger partial charge < -0.3 is 20.1 Å². The Bertz CT molecular complexity index is 464. The first kappa shape index (κ1) is 19.0. The zero-order chi connectivity index (χ0) is 14.9. The smallest absolute Gasteiger partial charge is 0.191 e. The van der Waals surface area contributed by atoms with Crippen LogP contribution in [0.25, 0.3) is 0 Å². The topological polar surface area (TPSA) is 54.9 Å². The minimum atomic E-state index is 0. The molecule has 0 radical (unpaired) electrons. The van der Waals surface area contributed by atoms with E-state index in [1.807, 2.05) is 18.2 Å². The number of halogens is 1. The Hall–Kier alpha value is -1.02. The van der Waals surface area contributed by atoms with Crippen LogP contribution in [0.3, 0.4) is 0 Å². The molecule has 0 bridgehead atoms. The molecule has 0 atom stereocenters. The molecule has 1 aromatic carbocycles. The summed E-state index contributed by atoms with van der Waals surface area (Å²) in [6, 6.07) is 8.15. The number of nitrogens with zero attached hydrogens (tertiary/aromatic N) is 1. The lowest BCUT2D eigenvalue weighted by Crippen LogP contribution is -2.38. The summed E-state index contributed by atoms with van der Waals surface area (Å²) in [7, 11) is 3.45. The SMILES string of the molecule is CN=C(NCCOC)NCc1ccccc1OCC1CC1.I. The first-order valence-electron chi connectivity index (χ1n) is 7.47. The lowest BCUT2D eigenvalue weighted by molar-refractivity contribution is 0.203. The number of hydrogen-bond acceptors (Lipinski definition) is 3. The number of ether oxygens (including phenoxy) is 2. The standard InChI is InChI=1S/C16H25N3O2.HI/c1-17-16(18-9-10-20-2)19-11-14-5-3-4-6-15(14)21-12-13-7-8-13;/h3-6,13H,7-12H2,1-2H3,(H2,17,18,19);1H. The number of rotatable bonds is 8. The van der Waals surface area contributed by atoms with Gasteiger partial charge in [-0.15, -0.1) is 24.0 Å². The van der Waals surface area contributed by atoms with Crippen molar-refractivity contribution < 1.29 is 9.47 Å². The second kappa shape index (κ2) is 10.7. The van der Waals surface area contributed by atoms with Gasteiger partial charge in [-0.1, -0.05) is 18.2 Å². The number of benzene rings is 1. The van der Waals surface area contributed by atoms with Gasteiger partial charge in [0.15, 0.2) is 5.96 Å². The van der Waals surface area contributed by atoms with Crippen molar-refractivity contribution in [1.82, 2.24) is 10.6 Å². The first-order chi connectivity index (χ1) is 10.3. The molecule has 1 fully saturated rings. The van der Waals surface area contributed by atoms with E-state index in [1.165, 1.54) is 12.8 Å². The van der Waals surface area contributed by atoms with Gasteiger partial charge in [-0.2, -0.15) is 0 Å². The predicted octanol–water partition coefficient (Wildman–Crippen LogP) is 2.40. The molecule has 0 amide bonds. The molecule has 0 spiro atoms. The molecule has 2 N–H and O–H groups in total. The maximum atomic E-state index is 5.91. The number of aliphatic imine (C=N–C) groups is 1. The van der Waals surface area contributed by atoms with Crippen molar-refractivity contribution in [2.24, 2.45) is 10.9 Å². The fraction of sp³-hybridized carbons (Fsp3) is 0.562. The van der Waals surface area contributed by atoms with Gasteiger partial charge in [0, 0.05) is 32.8 Å². The van der Waals surface area contributed by atoms with Crippen molar-refractivity contribution in [3.63, 3.8) is 0 Å². The van der Waals surface area contributed by atoms with Crippen LogP contribution in [0.15, 0.2) is 29.3 Å². The Morgan fingerprint density at radius 2 is 2.05 bits per heavy atom. The Kier molecular flexibility index (Phi) is 9.22. The van der Waals surface area contributed by atoms with Gasteiger partial charge in [-0.05, 0) is 24.8 Å². The van der Waals surface area contributed by atoms with Gasteiger partial charge in [-0.25, -0.2) is 0 Å². The summed E-state index contributed by atoms with van der Waals surface area (Å²) in [6.07, 6.45) is 2.60.